The third-order valence-corrected chi connectivity index (χ3v) is 2.54. The lowest BCUT2D eigenvalue weighted by Gasteiger charge is -2.13. The minimum Gasteiger partial charge on any atom is -0.480 e. The van der Waals surface area contributed by atoms with Crippen molar-refractivity contribution in [2.75, 3.05) is 6.61 Å². The number of carbonyl (C=O) groups is 2. The molecule has 0 spiro atoms. The predicted molar refractivity (Wildman–Crippen MR) is 66.4 cm³/mol. The van der Waals surface area contributed by atoms with Crippen LogP contribution in [0.15, 0.2) is 24.3 Å². The molecule has 0 aliphatic rings. The van der Waals surface area contributed by atoms with E-state index in [1.54, 1.807) is 24.3 Å². The van der Waals surface area contributed by atoms with E-state index in [4.69, 9.17) is 21.8 Å². The zero-order valence-electron chi connectivity index (χ0n) is 9.60. The summed E-state index contributed by atoms with van der Waals surface area (Å²) >= 11 is 5.78. The first-order valence-electron chi connectivity index (χ1n) is 5.40. The lowest BCUT2D eigenvalue weighted by atomic mass is 10.1. The van der Waals surface area contributed by atoms with Crippen molar-refractivity contribution in [1.82, 2.24) is 5.32 Å². The summed E-state index contributed by atoms with van der Waals surface area (Å²) in [6, 6.07) is 5.71. The van der Waals surface area contributed by atoms with Crippen LogP contribution < -0.4 is 5.32 Å². The Morgan fingerprint density at radius 1 is 1.39 bits per heavy atom. The van der Waals surface area contributed by atoms with Crippen LogP contribution in [0.1, 0.15) is 12.0 Å². The van der Waals surface area contributed by atoms with E-state index in [9.17, 15) is 9.59 Å². The minimum absolute atomic E-state index is 0.0172. The summed E-state index contributed by atoms with van der Waals surface area (Å²) < 4.78 is 0. The molecule has 0 bridgehead atoms. The number of aliphatic hydroxyl groups excluding tert-OH is 1. The van der Waals surface area contributed by atoms with Gasteiger partial charge in [-0.05, 0) is 17.7 Å². The van der Waals surface area contributed by atoms with Gasteiger partial charge >= 0.3 is 5.97 Å². The van der Waals surface area contributed by atoms with Crippen molar-refractivity contribution in [2.24, 2.45) is 0 Å². The molecule has 0 heterocycles. The highest BCUT2D eigenvalue weighted by Gasteiger charge is 2.19. The second kappa shape index (κ2) is 6.98. The molecule has 0 fully saturated rings. The highest BCUT2D eigenvalue weighted by Crippen LogP contribution is 2.11. The number of hydrogen-bond acceptors (Lipinski definition) is 3. The van der Waals surface area contributed by atoms with Crippen LogP contribution in [0.2, 0.25) is 5.02 Å². The smallest absolute Gasteiger partial charge is 0.326 e. The Labute approximate surface area is 109 Å². The molecule has 1 unspecified atom stereocenters. The Kier molecular flexibility index (Phi) is 5.61. The molecule has 3 N–H and O–H groups in total. The summed E-state index contributed by atoms with van der Waals surface area (Å²) in [5, 5.41) is 20.4. The predicted octanol–water partition coefficient (Wildman–Crippen LogP) is 0.834. The maximum atomic E-state index is 11.6. The Hall–Kier alpha value is -1.59. The zero-order valence-corrected chi connectivity index (χ0v) is 10.4. The zero-order chi connectivity index (χ0) is 13.5. The molecule has 0 saturated heterocycles. The van der Waals surface area contributed by atoms with Gasteiger partial charge in [-0.2, -0.15) is 0 Å². The van der Waals surface area contributed by atoms with Gasteiger partial charge in [0.2, 0.25) is 5.91 Å². The number of aliphatic hydroxyl groups is 1. The first kappa shape index (κ1) is 14.5. The molecule has 1 aromatic rings. The molecule has 1 amide bonds. The van der Waals surface area contributed by atoms with Crippen LogP contribution in [0.5, 0.6) is 0 Å². The van der Waals surface area contributed by atoms with Crippen LogP contribution in [0.3, 0.4) is 0 Å². The van der Waals surface area contributed by atoms with Crippen molar-refractivity contribution >= 4 is 23.5 Å². The quantitative estimate of drug-likeness (QED) is 0.715. The molecule has 6 heteroatoms. The third kappa shape index (κ3) is 4.73. The first-order chi connectivity index (χ1) is 8.52. The Morgan fingerprint density at radius 2 is 2.11 bits per heavy atom. The van der Waals surface area contributed by atoms with Crippen molar-refractivity contribution in [3.63, 3.8) is 0 Å². The van der Waals surface area contributed by atoms with Crippen LogP contribution in [-0.2, 0) is 16.0 Å². The summed E-state index contributed by atoms with van der Waals surface area (Å²) in [6.07, 6.45) is 0.0341. The Bertz CT molecular complexity index is 436. The standard InChI is InChI=1S/C12H14ClNO4/c13-9-3-1-2-8(6-9)7-11(16)14-10(4-5-15)12(17)18/h1-3,6,10,15H,4-5,7H2,(H,14,16)(H,17,18). The van der Waals surface area contributed by atoms with Crippen LogP contribution in [0, 0.1) is 0 Å². The van der Waals surface area contributed by atoms with Gasteiger partial charge in [0.1, 0.15) is 6.04 Å². The van der Waals surface area contributed by atoms with Gasteiger partial charge in [-0.25, -0.2) is 4.79 Å². The van der Waals surface area contributed by atoms with E-state index in [1.165, 1.54) is 0 Å². The topological polar surface area (TPSA) is 86.6 Å². The lowest BCUT2D eigenvalue weighted by Crippen LogP contribution is -2.42. The molecule has 0 radical (unpaired) electrons. The fraction of sp³-hybridized carbons (Fsp3) is 0.333. The van der Waals surface area contributed by atoms with E-state index in [2.05, 4.69) is 5.32 Å². The van der Waals surface area contributed by atoms with Crippen molar-refractivity contribution in [2.45, 2.75) is 18.9 Å². The molecule has 1 aromatic carbocycles. The summed E-state index contributed by atoms with van der Waals surface area (Å²) in [5.41, 5.74) is 0.702. The Morgan fingerprint density at radius 3 is 2.67 bits per heavy atom. The summed E-state index contributed by atoms with van der Waals surface area (Å²) in [7, 11) is 0. The average molecular weight is 272 g/mol. The Balaban J connectivity index is 2.57. The van der Waals surface area contributed by atoms with Crippen LogP contribution >= 0.6 is 11.6 Å². The number of nitrogens with one attached hydrogen (secondary N) is 1. The number of halogens is 1. The van der Waals surface area contributed by atoms with Gasteiger partial charge in [0.15, 0.2) is 0 Å². The largest absolute Gasteiger partial charge is 0.480 e. The minimum atomic E-state index is -1.16. The van der Waals surface area contributed by atoms with Crippen LogP contribution in [0.25, 0.3) is 0 Å². The third-order valence-electron chi connectivity index (χ3n) is 2.30. The number of carbonyl (C=O) groups excluding carboxylic acids is 1. The second-order valence-electron chi connectivity index (χ2n) is 3.78. The van der Waals surface area contributed by atoms with E-state index in [1.807, 2.05) is 0 Å². The van der Waals surface area contributed by atoms with Crippen LogP contribution in [0.4, 0.5) is 0 Å². The molecule has 0 aliphatic heterocycles. The van der Waals surface area contributed by atoms with Crippen LogP contribution in [-0.4, -0.2) is 34.7 Å². The summed E-state index contributed by atoms with van der Waals surface area (Å²) in [5.74, 6) is -1.58. The molecular formula is C12H14ClNO4. The van der Waals surface area contributed by atoms with E-state index >= 15 is 0 Å². The normalized spacial score (nSPS) is 11.9. The van der Waals surface area contributed by atoms with E-state index in [0.29, 0.717) is 10.6 Å². The maximum Gasteiger partial charge on any atom is 0.326 e. The fourth-order valence-corrected chi connectivity index (χ4v) is 1.68. The van der Waals surface area contributed by atoms with Crippen molar-refractivity contribution in [1.29, 1.82) is 0 Å². The second-order valence-corrected chi connectivity index (χ2v) is 4.21. The van der Waals surface area contributed by atoms with Gasteiger partial charge in [0.05, 0.1) is 6.42 Å². The number of hydrogen-bond donors (Lipinski definition) is 3. The molecule has 98 valence electrons. The van der Waals surface area contributed by atoms with E-state index in [0.717, 1.165) is 0 Å². The number of carboxylic acid groups (broad SMARTS) is 1. The molecule has 0 aromatic heterocycles. The van der Waals surface area contributed by atoms with Gasteiger partial charge in [-0.3, -0.25) is 4.79 Å². The number of carboxylic acids is 1. The highest BCUT2D eigenvalue weighted by molar-refractivity contribution is 6.30. The van der Waals surface area contributed by atoms with Gasteiger partial charge < -0.3 is 15.5 Å². The van der Waals surface area contributed by atoms with E-state index in [-0.39, 0.29) is 19.4 Å². The fourth-order valence-electron chi connectivity index (χ4n) is 1.46. The molecule has 1 rings (SSSR count). The monoisotopic (exact) mass is 271 g/mol. The SMILES string of the molecule is O=C(Cc1cccc(Cl)c1)NC(CCO)C(=O)O. The van der Waals surface area contributed by atoms with Gasteiger partial charge in [0, 0.05) is 18.1 Å². The summed E-state index contributed by atoms with van der Waals surface area (Å²) in [6.45, 7) is -0.297. The molecule has 0 aliphatic carbocycles. The first-order valence-corrected chi connectivity index (χ1v) is 5.78. The maximum absolute atomic E-state index is 11.6. The van der Waals surface area contributed by atoms with Crippen molar-refractivity contribution in [3.05, 3.63) is 34.9 Å². The average Bonchev–Trinajstić information content (AvgIpc) is 2.28. The van der Waals surface area contributed by atoms with E-state index < -0.39 is 17.9 Å². The van der Waals surface area contributed by atoms with Gasteiger partial charge in [0.25, 0.3) is 0 Å². The van der Waals surface area contributed by atoms with Gasteiger partial charge in [-0.1, -0.05) is 23.7 Å². The molecule has 5 nitrogen and oxygen atoms in total. The number of aliphatic carboxylic acids is 1. The van der Waals surface area contributed by atoms with Crippen molar-refractivity contribution in [3.8, 4) is 0 Å². The highest BCUT2D eigenvalue weighted by atomic mass is 35.5. The molecule has 18 heavy (non-hydrogen) atoms. The molecule has 0 saturated carbocycles. The molecule has 1 atom stereocenters. The van der Waals surface area contributed by atoms with Crippen molar-refractivity contribution < 1.29 is 19.8 Å². The molecular weight excluding hydrogens is 258 g/mol. The summed E-state index contributed by atoms with van der Waals surface area (Å²) in [4.78, 5) is 22.4. The van der Waals surface area contributed by atoms with Gasteiger partial charge in [-0.15, -0.1) is 0 Å². The lowest BCUT2D eigenvalue weighted by molar-refractivity contribution is -0.142. The number of benzene rings is 1. The number of amides is 1. The number of rotatable bonds is 6.